The Labute approximate surface area is 106 Å². The number of benzene rings is 1. The summed E-state index contributed by atoms with van der Waals surface area (Å²) in [5.41, 5.74) is -3.28. The number of alkyl halides is 3. The summed E-state index contributed by atoms with van der Waals surface area (Å²) in [6.07, 6.45) is -0.396. The predicted molar refractivity (Wildman–Crippen MR) is 62.1 cm³/mol. The number of rotatable bonds is 1. The number of hydrogen-bond acceptors (Lipinski definition) is 3. The smallest absolute Gasteiger partial charge is 0.402 e. The Morgan fingerprint density at radius 1 is 1.00 bits per heavy atom. The van der Waals surface area contributed by atoms with Crippen LogP contribution in [0.2, 0.25) is 0 Å². The van der Waals surface area contributed by atoms with Crippen molar-refractivity contribution >= 4 is 0 Å². The van der Waals surface area contributed by atoms with Gasteiger partial charge in [0.05, 0.1) is 5.56 Å². The van der Waals surface area contributed by atoms with E-state index < -0.39 is 40.8 Å². The maximum absolute atomic E-state index is 13.4. The molecule has 0 amide bonds. The van der Waals surface area contributed by atoms with Crippen molar-refractivity contribution < 1.29 is 28.5 Å². The number of allylic oxidation sites excluding steroid dienone is 4. The van der Waals surface area contributed by atoms with Crippen molar-refractivity contribution in [2.45, 2.75) is 18.0 Å². The Morgan fingerprint density at radius 3 is 2.16 bits per heavy atom. The first-order valence-corrected chi connectivity index (χ1v) is 5.45. The van der Waals surface area contributed by atoms with E-state index in [1.54, 1.807) is 0 Å². The van der Waals surface area contributed by atoms with Crippen molar-refractivity contribution in [1.82, 2.24) is 0 Å². The lowest BCUT2D eigenvalue weighted by Gasteiger charge is -2.34. The second-order valence-corrected chi connectivity index (χ2v) is 4.29. The molecule has 1 aliphatic rings. The van der Waals surface area contributed by atoms with Crippen LogP contribution in [-0.4, -0.2) is 21.5 Å². The molecule has 6 heteroatoms. The molecular weight excluding hydrogens is 261 g/mol. The van der Waals surface area contributed by atoms with Crippen molar-refractivity contribution in [3.05, 3.63) is 42.0 Å². The first-order valence-electron chi connectivity index (χ1n) is 5.45. The van der Waals surface area contributed by atoms with Gasteiger partial charge in [0.1, 0.15) is 11.2 Å². The number of aromatic hydroxyl groups is 3. The van der Waals surface area contributed by atoms with Gasteiger partial charge in [-0.2, -0.15) is 13.2 Å². The Balaban J connectivity index is 2.75. The molecule has 0 saturated heterocycles. The van der Waals surface area contributed by atoms with Crippen LogP contribution in [0.4, 0.5) is 13.2 Å². The van der Waals surface area contributed by atoms with E-state index in [1.165, 1.54) is 18.2 Å². The molecule has 3 nitrogen and oxygen atoms in total. The van der Waals surface area contributed by atoms with E-state index in [1.807, 2.05) is 0 Å². The minimum atomic E-state index is -4.73. The van der Waals surface area contributed by atoms with E-state index in [0.29, 0.717) is 0 Å². The lowest BCUT2D eigenvalue weighted by molar-refractivity contribution is -0.176. The van der Waals surface area contributed by atoms with Crippen LogP contribution in [0.15, 0.2) is 36.4 Å². The molecule has 0 spiro atoms. The van der Waals surface area contributed by atoms with Crippen molar-refractivity contribution in [2.24, 2.45) is 0 Å². The fourth-order valence-electron chi connectivity index (χ4n) is 2.17. The molecule has 1 atom stereocenters. The molecular formula is C13H11F3O3. The highest BCUT2D eigenvalue weighted by molar-refractivity contribution is 5.58. The summed E-state index contributed by atoms with van der Waals surface area (Å²) >= 11 is 0. The topological polar surface area (TPSA) is 60.7 Å². The summed E-state index contributed by atoms with van der Waals surface area (Å²) in [7, 11) is 0. The maximum atomic E-state index is 13.4. The highest BCUT2D eigenvalue weighted by Crippen LogP contribution is 2.54. The summed E-state index contributed by atoms with van der Waals surface area (Å²) < 4.78 is 40.2. The highest BCUT2D eigenvalue weighted by atomic mass is 19.4. The van der Waals surface area contributed by atoms with Crippen LogP contribution in [0.25, 0.3) is 0 Å². The minimum Gasteiger partial charge on any atom is -0.507 e. The van der Waals surface area contributed by atoms with Crippen LogP contribution < -0.4 is 0 Å². The van der Waals surface area contributed by atoms with E-state index >= 15 is 0 Å². The Kier molecular flexibility index (Phi) is 2.96. The van der Waals surface area contributed by atoms with E-state index in [9.17, 15) is 28.5 Å². The lowest BCUT2D eigenvalue weighted by Crippen LogP contribution is -2.41. The largest absolute Gasteiger partial charge is 0.507 e. The van der Waals surface area contributed by atoms with E-state index in [2.05, 4.69) is 0 Å². The average Bonchev–Trinajstić information content (AvgIpc) is 2.34. The van der Waals surface area contributed by atoms with Gasteiger partial charge in [0.2, 0.25) is 0 Å². The van der Waals surface area contributed by atoms with E-state index in [4.69, 9.17) is 0 Å². The maximum Gasteiger partial charge on any atom is 0.402 e. The van der Waals surface area contributed by atoms with Gasteiger partial charge >= 0.3 is 6.18 Å². The molecule has 1 aliphatic carbocycles. The van der Waals surface area contributed by atoms with Crippen molar-refractivity contribution in [2.75, 3.05) is 0 Å². The standard InChI is InChI=1S/C13H11F3O3/c14-13(15,16)12(6-2-1-3-7-12)10-8(17)4-5-9(18)11(10)19/h1-6,17-19H,7H2. The molecule has 0 heterocycles. The fraction of sp³-hybridized carbons (Fsp3) is 0.231. The van der Waals surface area contributed by atoms with Crippen molar-refractivity contribution in [3.8, 4) is 17.2 Å². The second-order valence-electron chi connectivity index (χ2n) is 4.29. The summed E-state index contributed by atoms with van der Waals surface area (Å²) in [6, 6.07) is 1.85. The third kappa shape index (κ3) is 1.93. The van der Waals surface area contributed by atoms with Crippen LogP contribution in [0.3, 0.4) is 0 Å². The molecule has 19 heavy (non-hydrogen) atoms. The van der Waals surface area contributed by atoms with Gasteiger partial charge in [-0.1, -0.05) is 24.3 Å². The van der Waals surface area contributed by atoms with Crippen LogP contribution in [0, 0.1) is 0 Å². The summed E-state index contributed by atoms with van der Waals surface area (Å²) in [6.45, 7) is 0. The number of hydrogen-bond donors (Lipinski definition) is 3. The zero-order chi connectivity index (χ0) is 14.3. The summed E-state index contributed by atoms with van der Waals surface area (Å²) in [5, 5.41) is 28.7. The van der Waals surface area contributed by atoms with Gasteiger partial charge in [-0.3, -0.25) is 0 Å². The lowest BCUT2D eigenvalue weighted by atomic mass is 9.73. The zero-order valence-corrected chi connectivity index (χ0v) is 9.65. The molecule has 0 aromatic heterocycles. The third-order valence-corrected chi connectivity index (χ3v) is 3.15. The van der Waals surface area contributed by atoms with Gasteiger partial charge in [0, 0.05) is 0 Å². The third-order valence-electron chi connectivity index (χ3n) is 3.15. The molecule has 2 rings (SSSR count). The van der Waals surface area contributed by atoms with Crippen LogP contribution in [-0.2, 0) is 5.41 Å². The molecule has 1 aromatic rings. The molecule has 0 radical (unpaired) electrons. The number of phenols is 3. The highest BCUT2D eigenvalue weighted by Gasteiger charge is 2.56. The van der Waals surface area contributed by atoms with Gasteiger partial charge in [0.25, 0.3) is 0 Å². The second kappa shape index (κ2) is 4.22. The summed E-state index contributed by atoms with van der Waals surface area (Å²) in [4.78, 5) is 0. The van der Waals surface area contributed by atoms with E-state index in [0.717, 1.165) is 18.2 Å². The monoisotopic (exact) mass is 272 g/mol. The first kappa shape index (κ1) is 13.3. The number of halogens is 3. The Hall–Kier alpha value is -2.11. The normalized spacial score (nSPS) is 22.7. The SMILES string of the molecule is Oc1ccc(O)c(C2(C(F)(F)F)C=CC=CC2)c1O. The van der Waals surface area contributed by atoms with E-state index in [-0.39, 0.29) is 0 Å². The van der Waals surface area contributed by atoms with Crippen LogP contribution >= 0.6 is 0 Å². The molecule has 0 bridgehead atoms. The van der Waals surface area contributed by atoms with Gasteiger partial charge in [-0.25, -0.2) is 0 Å². The van der Waals surface area contributed by atoms with Crippen molar-refractivity contribution in [1.29, 1.82) is 0 Å². The quantitative estimate of drug-likeness (QED) is 0.543. The average molecular weight is 272 g/mol. The summed E-state index contributed by atoms with van der Waals surface area (Å²) in [5.74, 6) is -2.38. The van der Waals surface area contributed by atoms with Gasteiger partial charge in [-0.15, -0.1) is 0 Å². The van der Waals surface area contributed by atoms with Crippen LogP contribution in [0.5, 0.6) is 17.2 Å². The minimum absolute atomic E-state index is 0.461. The van der Waals surface area contributed by atoms with Crippen molar-refractivity contribution in [3.63, 3.8) is 0 Å². The fourth-order valence-corrected chi connectivity index (χ4v) is 2.17. The molecule has 0 fully saturated rings. The molecule has 1 aromatic carbocycles. The Morgan fingerprint density at radius 2 is 1.63 bits per heavy atom. The number of phenolic OH excluding ortho intramolecular Hbond substituents is 3. The Bertz CT molecular complexity index is 561. The van der Waals surface area contributed by atoms with Gasteiger partial charge in [0.15, 0.2) is 11.5 Å². The molecule has 102 valence electrons. The first-order chi connectivity index (χ1) is 8.79. The zero-order valence-electron chi connectivity index (χ0n) is 9.65. The molecule has 0 aliphatic heterocycles. The molecule has 1 unspecified atom stereocenters. The van der Waals surface area contributed by atoms with Gasteiger partial charge in [-0.05, 0) is 18.6 Å². The molecule has 0 saturated carbocycles. The molecule has 3 N–H and O–H groups in total. The van der Waals surface area contributed by atoms with Crippen LogP contribution in [0.1, 0.15) is 12.0 Å². The predicted octanol–water partition coefficient (Wildman–Crippen LogP) is 3.12. The van der Waals surface area contributed by atoms with Gasteiger partial charge < -0.3 is 15.3 Å².